The molecule has 0 aliphatic carbocycles. The number of nitrogens with two attached hydrogens (primary N) is 1. The molecule has 5 rings (SSSR count). The topological polar surface area (TPSA) is 187 Å². The monoisotopic (exact) mass is 692 g/mol. The van der Waals surface area contributed by atoms with Crippen molar-refractivity contribution in [2.24, 2.45) is 5.73 Å². The van der Waals surface area contributed by atoms with E-state index in [2.05, 4.69) is 41.4 Å². The number of unbranched alkanes of at least 4 members (excludes halogenated alkanes) is 1. The zero-order valence-corrected chi connectivity index (χ0v) is 29.9. The normalized spacial score (nSPS) is 16.2. The highest BCUT2D eigenvalue weighted by atomic mass is 16.4. The molecule has 0 saturated heterocycles. The largest absolute Gasteiger partial charge is 0.481 e. The molecule has 2 aliphatic rings. The maximum Gasteiger partial charge on any atom is 0.320 e. The minimum absolute atomic E-state index is 0.0168. The number of aliphatic carboxylic acids is 2. The van der Waals surface area contributed by atoms with Crippen LogP contribution >= 0.6 is 0 Å². The first-order valence-corrected chi connectivity index (χ1v) is 17.5. The van der Waals surface area contributed by atoms with Gasteiger partial charge in [0.25, 0.3) is 0 Å². The van der Waals surface area contributed by atoms with Crippen molar-refractivity contribution in [3.63, 3.8) is 0 Å². The highest BCUT2D eigenvalue weighted by Gasteiger charge is 2.29. The number of carbonyl (C=O) groups excluding carboxylic acids is 1. The second-order valence-corrected chi connectivity index (χ2v) is 13.5. The van der Waals surface area contributed by atoms with Crippen molar-refractivity contribution in [3.8, 4) is 0 Å². The Labute approximate surface area is 297 Å². The quantitative estimate of drug-likeness (QED) is 0.0968. The molecule has 11 nitrogen and oxygen atoms in total. The third-order valence-electron chi connectivity index (χ3n) is 10.2. The molecule has 3 atom stereocenters. The third kappa shape index (κ3) is 8.04. The van der Waals surface area contributed by atoms with Crippen LogP contribution in [-0.4, -0.2) is 60.6 Å². The molecule has 0 fully saturated rings. The van der Waals surface area contributed by atoms with Crippen LogP contribution in [-0.2, 0) is 20.8 Å². The molecular formula is C40H48N6O5. The number of hydrogen-bond acceptors (Lipinski definition) is 6. The van der Waals surface area contributed by atoms with E-state index in [1.165, 1.54) is 0 Å². The summed E-state index contributed by atoms with van der Waals surface area (Å²) in [6.45, 7) is 16.8. The summed E-state index contributed by atoms with van der Waals surface area (Å²) in [4.78, 5) is 52.9. The van der Waals surface area contributed by atoms with Gasteiger partial charge in [0, 0.05) is 75.8 Å². The van der Waals surface area contributed by atoms with Crippen LogP contribution in [0.5, 0.6) is 0 Å². The standard InChI is InChI=1S/C40H48N6O5/c1-7-25-21(3)30-17-31-24(6)28(13-15-39(48)49)37(45-31)20-36-27(12-14-38(47)42-16-10-9-11-29(41)40(50)51)23(5)33(46-36)19-35-26(8-2)22(4)32(44-35)18-34(25)43-30/h7-8,17-20,24,28-29,43,46H,1-2,9-16,41H2,3-6H3,(H,42,47)(H,48,49)(H,50,51)/t24?,28?,29-/m0/s1. The smallest absolute Gasteiger partial charge is 0.320 e. The molecule has 0 spiro atoms. The zero-order valence-electron chi connectivity index (χ0n) is 29.9. The Morgan fingerprint density at radius 2 is 1.59 bits per heavy atom. The van der Waals surface area contributed by atoms with E-state index in [1.54, 1.807) is 0 Å². The Morgan fingerprint density at radius 3 is 2.27 bits per heavy atom. The van der Waals surface area contributed by atoms with Gasteiger partial charge in [-0.2, -0.15) is 0 Å². The SMILES string of the molecule is C=CC1=C(C)c2cc3[nH]c(cc4nc(cc5[nH]c(cc1n2)c(C)c5CCC(=O)NCCCC[C@H](N)C(=O)O)C(CCC(=O)O)C4C)c(C)c3C=C. The highest BCUT2D eigenvalue weighted by Crippen LogP contribution is 2.40. The number of carboxylic acids is 2. The number of H-pyrrole nitrogens is 2. The third-order valence-corrected chi connectivity index (χ3v) is 10.2. The second-order valence-electron chi connectivity index (χ2n) is 13.5. The Morgan fingerprint density at radius 1 is 0.902 bits per heavy atom. The van der Waals surface area contributed by atoms with Crippen LogP contribution in [0.1, 0.15) is 109 Å². The van der Waals surface area contributed by atoms with Gasteiger partial charge in [-0.25, -0.2) is 4.98 Å². The number of aromatic nitrogens is 4. The minimum Gasteiger partial charge on any atom is -0.481 e. The van der Waals surface area contributed by atoms with E-state index in [0.717, 1.165) is 78.2 Å². The number of nitrogens with one attached hydrogen (secondary N) is 3. The van der Waals surface area contributed by atoms with E-state index in [1.807, 2.05) is 51.1 Å². The number of aromatic amines is 2. The molecule has 5 heterocycles. The van der Waals surface area contributed by atoms with Crippen LogP contribution in [0.3, 0.4) is 0 Å². The van der Waals surface area contributed by atoms with Gasteiger partial charge < -0.3 is 31.2 Å². The first kappa shape index (κ1) is 37.0. The molecule has 2 unspecified atom stereocenters. The molecule has 8 bridgehead atoms. The zero-order chi connectivity index (χ0) is 37.0. The molecule has 3 aromatic heterocycles. The van der Waals surface area contributed by atoms with Crippen molar-refractivity contribution in [1.29, 1.82) is 0 Å². The lowest BCUT2D eigenvalue weighted by molar-refractivity contribution is -0.139. The summed E-state index contributed by atoms with van der Waals surface area (Å²) in [5.41, 5.74) is 18.1. The van der Waals surface area contributed by atoms with E-state index in [0.29, 0.717) is 38.6 Å². The van der Waals surface area contributed by atoms with Gasteiger partial charge in [0.05, 0.1) is 11.4 Å². The van der Waals surface area contributed by atoms with E-state index in [-0.39, 0.29) is 30.6 Å². The van der Waals surface area contributed by atoms with Gasteiger partial charge in [-0.1, -0.05) is 32.2 Å². The van der Waals surface area contributed by atoms with E-state index >= 15 is 0 Å². The lowest BCUT2D eigenvalue weighted by Crippen LogP contribution is -2.30. The van der Waals surface area contributed by atoms with E-state index < -0.39 is 18.0 Å². The summed E-state index contributed by atoms with van der Waals surface area (Å²) >= 11 is 0. The summed E-state index contributed by atoms with van der Waals surface area (Å²) in [6.07, 6.45) is 6.39. The average molecular weight is 693 g/mol. The van der Waals surface area contributed by atoms with Crippen molar-refractivity contribution in [3.05, 3.63) is 88.5 Å². The summed E-state index contributed by atoms with van der Waals surface area (Å²) in [7, 11) is 0. The van der Waals surface area contributed by atoms with Gasteiger partial charge in [-0.3, -0.25) is 19.4 Å². The molecule has 0 aromatic carbocycles. The van der Waals surface area contributed by atoms with Gasteiger partial charge in [0.1, 0.15) is 6.04 Å². The van der Waals surface area contributed by atoms with Crippen molar-refractivity contribution in [2.45, 2.75) is 90.5 Å². The number of aryl methyl sites for hydroxylation is 3. The van der Waals surface area contributed by atoms with Crippen molar-refractivity contribution in [2.75, 3.05) is 6.54 Å². The predicted octanol–water partition coefficient (Wildman–Crippen LogP) is 7.07. The van der Waals surface area contributed by atoms with Gasteiger partial charge in [0.15, 0.2) is 0 Å². The number of hydrogen-bond donors (Lipinski definition) is 6. The fourth-order valence-electron chi connectivity index (χ4n) is 7.07. The fourth-order valence-corrected chi connectivity index (χ4v) is 7.07. The maximum atomic E-state index is 13.0. The predicted molar refractivity (Wildman–Crippen MR) is 202 cm³/mol. The van der Waals surface area contributed by atoms with Crippen LogP contribution in [0.4, 0.5) is 0 Å². The lowest BCUT2D eigenvalue weighted by atomic mass is 9.87. The lowest BCUT2D eigenvalue weighted by Gasteiger charge is -2.14. The summed E-state index contributed by atoms with van der Waals surface area (Å²) in [6, 6.07) is 7.21. The number of allylic oxidation sites excluding steroid dienone is 3. The Balaban J connectivity index is 1.63. The molecule has 51 heavy (non-hydrogen) atoms. The van der Waals surface area contributed by atoms with Crippen LogP contribution in [0.25, 0.3) is 39.3 Å². The molecule has 3 aromatic rings. The molecule has 2 aliphatic heterocycles. The summed E-state index contributed by atoms with van der Waals surface area (Å²) < 4.78 is 0. The molecule has 11 heteroatoms. The molecule has 268 valence electrons. The highest BCUT2D eigenvalue weighted by molar-refractivity contribution is 5.97. The Bertz CT molecular complexity index is 2090. The number of carbonyl (C=O) groups is 3. The van der Waals surface area contributed by atoms with Crippen LogP contribution in [0.2, 0.25) is 0 Å². The van der Waals surface area contributed by atoms with Gasteiger partial charge >= 0.3 is 11.9 Å². The van der Waals surface area contributed by atoms with Gasteiger partial charge in [-0.15, -0.1) is 0 Å². The average Bonchev–Trinajstić information content (AvgIpc) is 3.75. The van der Waals surface area contributed by atoms with Crippen LogP contribution in [0.15, 0.2) is 43.5 Å². The molecule has 1 amide bonds. The number of amides is 1. The maximum absolute atomic E-state index is 13.0. The number of carboxylic acid groups (broad SMARTS) is 2. The van der Waals surface area contributed by atoms with E-state index in [4.69, 9.17) is 20.8 Å². The molecule has 0 radical (unpaired) electrons. The molecule has 7 N–H and O–H groups in total. The fraction of sp³-hybridized carbons (Fsp3) is 0.375. The van der Waals surface area contributed by atoms with Crippen LogP contribution in [0, 0.1) is 13.8 Å². The Kier molecular flexibility index (Phi) is 11.4. The van der Waals surface area contributed by atoms with Crippen molar-refractivity contribution < 1.29 is 24.6 Å². The van der Waals surface area contributed by atoms with Crippen molar-refractivity contribution in [1.82, 2.24) is 25.3 Å². The summed E-state index contributed by atoms with van der Waals surface area (Å²) in [5.74, 6) is -2.15. The second kappa shape index (κ2) is 15.7. The number of rotatable bonds is 14. The minimum atomic E-state index is -1.03. The van der Waals surface area contributed by atoms with E-state index in [9.17, 15) is 19.5 Å². The molecule has 0 saturated carbocycles. The number of fused-ring (bicyclic) bond motifs is 8. The Hall–Kier alpha value is -5.29. The first-order chi connectivity index (χ1) is 24.3. The van der Waals surface area contributed by atoms with Crippen molar-refractivity contribution >= 4 is 57.1 Å². The van der Waals surface area contributed by atoms with Gasteiger partial charge in [-0.05, 0) is 99.4 Å². The number of nitrogens with zero attached hydrogens (tertiary/aromatic N) is 2. The van der Waals surface area contributed by atoms with Gasteiger partial charge in [0.2, 0.25) is 5.91 Å². The summed E-state index contributed by atoms with van der Waals surface area (Å²) in [5, 5.41) is 21.5. The van der Waals surface area contributed by atoms with Crippen LogP contribution < -0.4 is 11.1 Å². The first-order valence-electron chi connectivity index (χ1n) is 17.5. The molecular weight excluding hydrogens is 644 g/mol.